The van der Waals surface area contributed by atoms with Crippen molar-refractivity contribution in [3.63, 3.8) is 0 Å². The Bertz CT molecular complexity index is 14.0. The molecule has 0 aromatic rings. The van der Waals surface area contributed by atoms with Crippen molar-refractivity contribution in [1.82, 2.24) is 0 Å². The Kier molecular flexibility index (Phi) is 170. The molecular weight excluding hydrogens is 144 g/mol. The highest BCUT2D eigenvalue weighted by Gasteiger charge is 1.80. The summed E-state index contributed by atoms with van der Waals surface area (Å²) in [6, 6.07) is 0. The van der Waals surface area contributed by atoms with E-state index in [-0.39, 0.29) is 7.43 Å². The highest BCUT2D eigenvalue weighted by atomic mass is 13.9. The lowest BCUT2D eigenvalue weighted by atomic mass is 10.2. The number of hydrogen-bond donors (Lipinski definition) is 0. The number of hydrogen-bond acceptors (Lipinski definition) is 0. The SMILES string of the molecule is C.CC.CC.CC.CCC(C)C. The minimum absolute atomic E-state index is 0. The zero-order chi connectivity index (χ0) is 10.3. The highest BCUT2D eigenvalue weighted by molar-refractivity contribution is 4.32. The third-order valence-corrected chi connectivity index (χ3v) is 0.816. The maximum atomic E-state index is 2.22. The van der Waals surface area contributed by atoms with Crippen molar-refractivity contribution in [3.05, 3.63) is 0 Å². The van der Waals surface area contributed by atoms with Crippen molar-refractivity contribution in [2.24, 2.45) is 5.92 Å². The number of rotatable bonds is 1. The van der Waals surface area contributed by atoms with E-state index < -0.39 is 0 Å². The van der Waals surface area contributed by atoms with Gasteiger partial charge in [-0.15, -0.1) is 0 Å². The van der Waals surface area contributed by atoms with E-state index in [9.17, 15) is 0 Å². The molecule has 0 aliphatic rings. The second-order valence-corrected chi connectivity index (χ2v) is 1.80. The molecular formula is C12H34. The van der Waals surface area contributed by atoms with Crippen LogP contribution < -0.4 is 0 Å². The third kappa shape index (κ3) is 202. The molecule has 0 aromatic carbocycles. The summed E-state index contributed by atoms with van der Waals surface area (Å²) in [6.07, 6.45) is 1.31. The first-order valence-electron chi connectivity index (χ1n) is 5.27. The molecule has 0 N–H and O–H groups in total. The van der Waals surface area contributed by atoms with Crippen LogP contribution in [-0.2, 0) is 0 Å². The first kappa shape index (κ1) is 29.6. The predicted octanol–water partition coefficient (Wildman–Crippen LogP) is 5.77. The van der Waals surface area contributed by atoms with Crippen LogP contribution in [0, 0.1) is 5.92 Å². The summed E-state index contributed by atoms with van der Waals surface area (Å²) < 4.78 is 0. The lowest BCUT2D eigenvalue weighted by molar-refractivity contribution is 0.626. The summed E-state index contributed by atoms with van der Waals surface area (Å²) in [7, 11) is 0. The largest absolute Gasteiger partial charge is 0.0776 e. The molecule has 0 aliphatic carbocycles. The summed E-state index contributed by atoms with van der Waals surface area (Å²) in [4.78, 5) is 0. The van der Waals surface area contributed by atoms with Crippen molar-refractivity contribution in [1.29, 1.82) is 0 Å². The van der Waals surface area contributed by atoms with Crippen molar-refractivity contribution >= 4 is 0 Å². The molecule has 0 saturated heterocycles. The van der Waals surface area contributed by atoms with E-state index in [0.29, 0.717) is 0 Å². The molecule has 0 rings (SSSR count). The van der Waals surface area contributed by atoms with E-state index in [0.717, 1.165) is 5.92 Å². The van der Waals surface area contributed by atoms with Gasteiger partial charge in [-0.25, -0.2) is 0 Å². The summed E-state index contributed by atoms with van der Waals surface area (Å²) in [5.41, 5.74) is 0. The Morgan fingerprint density at radius 3 is 0.833 bits per heavy atom. The fraction of sp³-hybridized carbons (Fsp3) is 1.00. The van der Waals surface area contributed by atoms with Gasteiger partial charge in [-0.2, -0.15) is 0 Å². The van der Waals surface area contributed by atoms with Crippen molar-refractivity contribution < 1.29 is 0 Å². The zero-order valence-corrected chi connectivity index (χ0v) is 10.3. The zero-order valence-electron chi connectivity index (χ0n) is 10.3. The molecule has 12 heavy (non-hydrogen) atoms. The van der Waals surface area contributed by atoms with Crippen LogP contribution in [0.25, 0.3) is 0 Å². The van der Waals surface area contributed by atoms with Gasteiger partial charge in [-0.3, -0.25) is 0 Å². The smallest absolute Gasteiger partial charge is 0.0474 e. The average molecular weight is 178 g/mol. The van der Waals surface area contributed by atoms with Crippen LogP contribution in [0.15, 0.2) is 0 Å². The van der Waals surface area contributed by atoms with Gasteiger partial charge in [0, 0.05) is 0 Å². The molecule has 0 unspecified atom stereocenters. The Balaban J connectivity index is -0.0000000203. The molecule has 0 amide bonds. The third-order valence-electron chi connectivity index (χ3n) is 0.816. The molecule has 0 nitrogen and oxygen atoms in total. The Morgan fingerprint density at radius 1 is 0.750 bits per heavy atom. The highest BCUT2D eigenvalue weighted by Crippen LogP contribution is 1.93. The van der Waals surface area contributed by atoms with Crippen LogP contribution in [0.4, 0.5) is 0 Å². The maximum Gasteiger partial charge on any atom is -0.0474 e. The predicted molar refractivity (Wildman–Crippen MR) is 65.9 cm³/mol. The topological polar surface area (TPSA) is 0 Å². The van der Waals surface area contributed by atoms with Crippen LogP contribution in [0.2, 0.25) is 0 Å². The summed E-state index contributed by atoms with van der Waals surface area (Å²) >= 11 is 0. The van der Waals surface area contributed by atoms with E-state index in [4.69, 9.17) is 0 Å². The molecule has 0 fully saturated rings. The van der Waals surface area contributed by atoms with Crippen molar-refractivity contribution in [2.45, 2.75) is 76.2 Å². The van der Waals surface area contributed by atoms with Crippen LogP contribution in [0.5, 0.6) is 0 Å². The quantitative estimate of drug-likeness (QED) is 0.478. The first-order chi connectivity index (χ1) is 5.27. The molecule has 0 aromatic heterocycles. The Morgan fingerprint density at radius 2 is 0.833 bits per heavy atom. The maximum absolute atomic E-state index is 2.22. The minimum atomic E-state index is 0. The van der Waals surface area contributed by atoms with Gasteiger partial charge in [0.1, 0.15) is 0 Å². The summed E-state index contributed by atoms with van der Waals surface area (Å²) in [5.74, 6) is 0.884. The van der Waals surface area contributed by atoms with Gasteiger partial charge in [0.25, 0.3) is 0 Å². The molecule has 0 radical (unpaired) electrons. The van der Waals surface area contributed by atoms with E-state index in [1.807, 2.05) is 41.5 Å². The average Bonchev–Trinajstić information content (AvgIpc) is 2.15. The van der Waals surface area contributed by atoms with Crippen molar-refractivity contribution in [3.8, 4) is 0 Å². The molecule has 0 heterocycles. The molecule has 82 valence electrons. The van der Waals surface area contributed by atoms with E-state index in [2.05, 4.69) is 20.8 Å². The second-order valence-electron chi connectivity index (χ2n) is 1.80. The fourth-order valence-corrected chi connectivity index (χ4v) is 0. The van der Waals surface area contributed by atoms with E-state index >= 15 is 0 Å². The molecule has 0 atom stereocenters. The molecule has 0 bridgehead atoms. The van der Waals surface area contributed by atoms with Gasteiger partial charge in [0.05, 0.1) is 0 Å². The van der Waals surface area contributed by atoms with Gasteiger partial charge >= 0.3 is 0 Å². The van der Waals surface area contributed by atoms with E-state index in [1.54, 1.807) is 0 Å². The first-order valence-corrected chi connectivity index (χ1v) is 5.27. The van der Waals surface area contributed by atoms with Crippen LogP contribution in [-0.4, -0.2) is 0 Å². The van der Waals surface area contributed by atoms with E-state index in [1.165, 1.54) is 6.42 Å². The molecule has 0 saturated carbocycles. The van der Waals surface area contributed by atoms with Crippen LogP contribution in [0.1, 0.15) is 76.2 Å². The molecule has 0 spiro atoms. The Hall–Kier alpha value is 0. The van der Waals surface area contributed by atoms with Gasteiger partial charge in [0.2, 0.25) is 0 Å². The minimum Gasteiger partial charge on any atom is -0.0776 e. The lowest BCUT2D eigenvalue weighted by Gasteiger charge is -1.90. The fourth-order valence-electron chi connectivity index (χ4n) is 0. The second kappa shape index (κ2) is 68.8. The van der Waals surface area contributed by atoms with Crippen LogP contribution in [0.3, 0.4) is 0 Å². The Labute approximate surface area is 82.8 Å². The molecule has 0 aliphatic heterocycles. The van der Waals surface area contributed by atoms with Crippen LogP contribution >= 0.6 is 0 Å². The van der Waals surface area contributed by atoms with Gasteiger partial charge in [-0.05, 0) is 5.92 Å². The molecule has 0 heteroatoms. The van der Waals surface area contributed by atoms with Gasteiger partial charge in [0.15, 0.2) is 0 Å². The monoisotopic (exact) mass is 178 g/mol. The summed E-state index contributed by atoms with van der Waals surface area (Å²) in [6.45, 7) is 18.6. The summed E-state index contributed by atoms with van der Waals surface area (Å²) in [5, 5.41) is 0. The normalized spacial score (nSPS) is 5.50. The van der Waals surface area contributed by atoms with Crippen molar-refractivity contribution in [2.75, 3.05) is 0 Å². The standard InChI is InChI=1S/C5H12.3C2H6.CH4/c1-4-5(2)3;3*1-2;/h5H,4H2,1-3H3;3*1-2H3;1H4. The van der Waals surface area contributed by atoms with Gasteiger partial charge < -0.3 is 0 Å². The van der Waals surface area contributed by atoms with Gasteiger partial charge in [-0.1, -0.05) is 76.2 Å². The lowest BCUT2D eigenvalue weighted by Crippen LogP contribution is -1.77.